The molecule has 0 radical (unpaired) electrons. The molecule has 0 saturated carbocycles. The molecule has 2 heterocycles. The second-order valence-corrected chi connectivity index (χ2v) is 8.66. The molecule has 13 heteroatoms. The Morgan fingerprint density at radius 2 is 1.44 bits per heavy atom. The first kappa shape index (κ1) is 25.6. The number of carbonyl (C=O) groups is 1. The highest BCUT2D eigenvalue weighted by Gasteiger charge is 2.51. The molecule has 0 spiro atoms. The lowest BCUT2D eigenvalue weighted by Crippen LogP contribution is -2.65. The van der Waals surface area contributed by atoms with Crippen LogP contribution in [-0.2, 0) is 18.9 Å². The van der Waals surface area contributed by atoms with Gasteiger partial charge >= 0.3 is 5.97 Å². The van der Waals surface area contributed by atoms with Crippen molar-refractivity contribution in [1.82, 2.24) is 0 Å². The van der Waals surface area contributed by atoms with E-state index in [0.29, 0.717) is 0 Å². The van der Waals surface area contributed by atoms with E-state index in [1.165, 1.54) is 12.1 Å². The summed E-state index contributed by atoms with van der Waals surface area (Å²) in [6, 6.07) is 6.29. The number of hydrogen-bond donors (Lipinski definition) is 7. The molecule has 0 unspecified atom stereocenters. The molecule has 12 nitrogen and oxygen atoms in total. The van der Waals surface area contributed by atoms with Gasteiger partial charge in [0.05, 0.1) is 18.8 Å². The highest BCUT2D eigenvalue weighted by atomic mass is 127. The molecule has 2 aliphatic heterocycles. The molecule has 3 rings (SSSR count). The first-order valence-corrected chi connectivity index (χ1v) is 10.8. The van der Waals surface area contributed by atoms with Crippen LogP contribution in [0.2, 0.25) is 0 Å². The van der Waals surface area contributed by atoms with Gasteiger partial charge in [0, 0.05) is 3.57 Å². The van der Waals surface area contributed by atoms with Crippen molar-refractivity contribution >= 4 is 28.6 Å². The Morgan fingerprint density at radius 3 is 2.03 bits per heavy atom. The summed E-state index contributed by atoms with van der Waals surface area (Å²) in [5, 5.41) is 69.5. The van der Waals surface area contributed by atoms with Gasteiger partial charge in [0.1, 0.15) is 42.7 Å². The van der Waals surface area contributed by atoms with Crippen molar-refractivity contribution in [3.8, 4) is 0 Å². The maximum atomic E-state index is 12.6. The molecule has 0 aromatic heterocycles. The SMILES string of the molecule is O=C(O[C@H]1[C@H](O[C@H]2[C@H](O)[C@@H](O)[C@H](O)O[C@@H]2CO)O[C@H](CO)[C@H](O)[C@@H]1O)c1ccc(I)cc1. The van der Waals surface area contributed by atoms with Gasteiger partial charge in [-0.15, -0.1) is 0 Å². The zero-order valence-electron chi connectivity index (χ0n) is 16.5. The van der Waals surface area contributed by atoms with Crippen molar-refractivity contribution in [3.05, 3.63) is 33.4 Å². The Hall–Kier alpha value is -0.980. The lowest BCUT2D eigenvalue weighted by Gasteiger charge is -2.46. The predicted octanol–water partition coefficient (Wildman–Crippen LogP) is -2.93. The average molecular weight is 572 g/mol. The van der Waals surface area contributed by atoms with E-state index in [1.807, 2.05) is 22.6 Å². The number of hydrogen-bond acceptors (Lipinski definition) is 12. The molecular formula is C19H25IO12. The van der Waals surface area contributed by atoms with Crippen LogP contribution in [-0.4, -0.2) is 116 Å². The van der Waals surface area contributed by atoms with Crippen molar-refractivity contribution in [1.29, 1.82) is 0 Å². The van der Waals surface area contributed by atoms with Crippen LogP contribution in [0, 0.1) is 3.57 Å². The van der Waals surface area contributed by atoms with Crippen LogP contribution in [0.5, 0.6) is 0 Å². The van der Waals surface area contributed by atoms with Crippen LogP contribution in [0.25, 0.3) is 0 Å². The minimum atomic E-state index is -1.79. The normalized spacial score (nSPS) is 40.1. The van der Waals surface area contributed by atoms with E-state index in [2.05, 4.69) is 0 Å². The Labute approximate surface area is 196 Å². The number of rotatable bonds is 6. The molecule has 1 aromatic rings. The van der Waals surface area contributed by atoms with E-state index >= 15 is 0 Å². The largest absolute Gasteiger partial charge is 0.450 e. The number of carbonyl (C=O) groups excluding carboxylic acids is 1. The first-order valence-electron chi connectivity index (χ1n) is 9.73. The summed E-state index contributed by atoms with van der Waals surface area (Å²) in [7, 11) is 0. The van der Waals surface area contributed by atoms with Gasteiger partial charge in [-0.1, -0.05) is 0 Å². The Bertz CT molecular complexity index is 761. The predicted molar refractivity (Wildman–Crippen MR) is 111 cm³/mol. The maximum Gasteiger partial charge on any atom is 0.338 e. The van der Waals surface area contributed by atoms with Gasteiger partial charge in [0.25, 0.3) is 0 Å². The third-order valence-electron chi connectivity index (χ3n) is 5.28. The fraction of sp³-hybridized carbons (Fsp3) is 0.632. The third-order valence-corrected chi connectivity index (χ3v) is 6.00. The molecular weight excluding hydrogens is 547 g/mol. The fourth-order valence-corrected chi connectivity index (χ4v) is 3.82. The quantitative estimate of drug-likeness (QED) is 0.136. The Morgan fingerprint density at radius 1 is 0.844 bits per heavy atom. The molecule has 0 aliphatic carbocycles. The van der Waals surface area contributed by atoms with E-state index in [0.717, 1.165) is 3.57 Å². The van der Waals surface area contributed by atoms with Gasteiger partial charge < -0.3 is 54.7 Å². The van der Waals surface area contributed by atoms with Gasteiger partial charge in [-0.2, -0.15) is 0 Å². The number of aliphatic hydroxyl groups excluding tert-OH is 7. The maximum absolute atomic E-state index is 12.6. The third kappa shape index (κ3) is 5.39. The van der Waals surface area contributed by atoms with Gasteiger partial charge in [-0.05, 0) is 46.9 Å². The molecule has 2 aliphatic rings. The van der Waals surface area contributed by atoms with Gasteiger partial charge in [0.15, 0.2) is 18.7 Å². The Balaban J connectivity index is 1.83. The van der Waals surface area contributed by atoms with Crippen LogP contribution in [0.3, 0.4) is 0 Å². The summed E-state index contributed by atoms with van der Waals surface area (Å²) < 4.78 is 22.2. The van der Waals surface area contributed by atoms with Crippen molar-refractivity contribution in [2.45, 2.75) is 61.4 Å². The van der Waals surface area contributed by atoms with Crippen LogP contribution in [0.1, 0.15) is 10.4 Å². The minimum Gasteiger partial charge on any atom is -0.450 e. The number of esters is 1. The smallest absolute Gasteiger partial charge is 0.338 e. The molecule has 7 N–H and O–H groups in total. The zero-order valence-corrected chi connectivity index (χ0v) is 18.7. The summed E-state index contributed by atoms with van der Waals surface area (Å²) in [5.74, 6) is -0.869. The lowest BCUT2D eigenvalue weighted by atomic mass is 9.97. The number of benzene rings is 1. The van der Waals surface area contributed by atoms with Gasteiger partial charge in [0.2, 0.25) is 0 Å². The summed E-state index contributed by atoms with van der Waals surface area (Å²) in [6.07, 6.45) is -16.1. The topological polar surface area (TPSA) is 196 Å². The highest BCUT2D eigenvalue weighted by Crippen LogP contribution is 2.30. The van der Waals surface area contributed by atoms with Gasteiger partial charge in [-0.3, -0.25) is 0 Å². The van der Waals surface area contributed by atoms with Crippen molar-refractivity contribution < 1.29 is 59.5 Å². The Kier molecular flexibility index (Phi) is 8.78. The van der Waals surface area contributed by atoms with Crippen molar-refractivity contribution in [3.63, 3.8) is 0 Å². The second kappa shape index (κ2) is 11.0. The molecule has 1 aromatic carbocycles. The number of aliphatic hydroxyl groups is 7. The van der Waals surface area contributed by atoms with Crippen LogP contribution < -0.4 is 0 Å². The molecule has 0 bridgehead atoms. The van der Waals surface area contributed by atoms with E-state index in [1.54, 1.807) is 12.1 Å². The number of ether oxygens (including phenoxy) is 4. The summed E-state index contributed by atoms with van der Waals surface area (Å²) in [4.78, 5) is 12.6. The first-order chi connectivity index (χ1) is 15.2. The van der Waals surface area contributed by atoms with Crippen LogP contribution in [0.15, 0.2) is 24.3 Å². The lowest BCUT2D eigenvalue weighted by molar-refractivity contribution is -0.354. The monoisotopic (exact) mass is 572 g/mol. The van der Waals surface area contributed by atoms with E-state index < -0.39 is 80.6 Å². The molecule has 10 atom stereocenters. The summed E-state index contributed by atoms with van der Waals surface area (Å²) >= 11 is 2.05. The number of halogens is 1. The van der Waals surface area contributed by atoms with E-state index in [-0.39, 0.29) is 5.56 Å². The zero-order chi connectivity index (χ0) is 23.6. The fourth-order valence-electron chi connectivity index (χ4n) is 3.46. The van der Waals surface area contributed by atoms with Crippen LogP contribution in [0.4, 0.5) is 0 Å². The van der Waals surface area contributed by atoms with Crippen molar-refractivity contribution in [2.24, 2.45) is 0 Å². The summed E-state index contributed by atoms with van der Waals surface area (Å²) in [5.41, 5.74) is 0.142. The van der Waals surface area contributed by atoms with E-state index in [9.17, 15) is 40.5 Å². The molecule has 180 valence electrons. The van der Waals surface area contributed by atoms with E-state index in [4.69, 9.17) is 18.9 Å². The highest BCUT2D eigenvalue weighted by molar-refractivity contribution is 14.1. The van der Waals surface area contributed by atoms with Gasteiger partial charge in [-0.25, -0.2) is 4.79 Å². The molecule has 2 fully saturated rings. The minimum absolute atomic E-state index is 0.142. The van der Waals surface area contributed by atoms with Crippen molar-refractivity contribution in [2.75, 3.05) is 13.2 Å². The molecule has 32 heavy (non-hydrogen) atoms. The second-order valence-electron chi connectivity index (χ2n) is 7.41. The van der Waals surface area contributed by atoms with Crippen LogP contribution >= 0.6 is 22.6 Å². The standard InChI is InChI=1S/C19H25IO12/c20-8-3-1-7(2-4-8)17(27)31-16-12(24)11(23)9(5-21)30-19(16)32-15-10(6-22)29-18(28)14(26)13(15)25/h1-4,9-16,18-19,21-26,28H,5-6H2/t9-,10-,11+,12+,13-,14-,15-,16-,18-,19+/m1/s1. The average Bonchev–Trinajstić information content (AvgIpc) is 2.78. The molecule has 2 saturated heterocycles. The summed E-state index contributed by atoms with van der Waals surface area (Å²) in [6.45, 7) is -1.44. The molecule has 0 amide bonds.